The lowest BCUT2D eigenvalue weighted by Gasteiger charge is -2.30. The number of carboxylic acid groups (broad SMARTS) is 1. The van der Waals surface area contributed by atoms with Crippen LogP contribution in [0.2, 0.25) is 0 Å². The first-order chi connectivity index (χ1) is 9.00. The van der Waals surface area contributed by atoms with Crippen LogP contribution in [0.4, 0.5) is 4.79 Å². The summed E-state index contributed by atoms with van der Waals surface area (Å²) in [5.74, 6) is -1.81. The second kappa shape index (κ2) is 7.12. The molecular formula is C13H25N3O4. The zero-order valence-corrected chi connectivity index (χ0v) is 12.7. The highest BCUT2D eigenvalue weighted by atomic mass is 16.4. The second-order valence-corrected chi connectivity index (χ2v) is 6.02. The molecule has 7 heteroatoms. The largest absolute Gasteiger partial charge is 0.480 e. The molecule has 3 atom stereocenters. The maximum absolute atomic E-state index is 12.2. The number of aliphatic carboxylic acids is 1. The highest BCUT2D eigenvalue weighted by Crippen LogP contribution is 2.20. The van der Waals surface area contributed by atoms with Gasteiger partial charge in [0.1, 0.15) is 12.1 Å². The van der Waals surface area contributed by atoms with Crippen LogP contribution in [0.5, 0.6) is 0 Å². The normalized spacial score (nSPS) is 15.8. The molecule has 5 N–H and O–H groups in total. The molecule has 0 heterocycles. The van der Waals surface area contributed by atoms with E-state index in [9.17, 15) is 19.5 Å². The summed E-state index contributed by atoms with van der Waals surface area (Å²) in [6.45, 7) is 8.79. The van der Waals surface area contributed by atoms with E-state index in [2.05, 4.69) is 10.6 Å². The van der Waals surface area contributed by atoms with Crippen molar-refractivity contribution in [2.24, 2.45) is 17.1 Å². The number of primary amides is 1. The number of hydrogen-bond donors (Lipinski definition) is 4. The van der Waals surface area contributed by atoms with E-state index in [-0.39, 0.29) is 5.92 Å². The zero-order valence-electron chi connectivity index (χ0n) is 12.7. The van der Waals surface area contributed by atoms with Crippen LogP contribution in [0.1, 0.15) is 41.0 Å². The van der Waals surface area contributed by atoms with Crippen LogP contribution >= 0.6 is 0 Å². The summed E-state index contributed by atoms with van der Waals surface area (Å²) in [6, 6.07) is -2.70. The molecule has 0 spiro atoms. The second-order valence-electron chi connectivity index (χ2n) is 6.02. The molecule has 0 aromatic heterocycles. The van der Waals surface area contributed by atoms with Crippen molar-refractivity contribution in [1.82, 2.24) is 10.6 Å². The lowest BCUT2D eigenvalue weighted by atomic mass is 9.86. The van der Waals surface area contributed by atoms with Crippen LogP contribution in [0.15, 0.2) is 0 Å². The molecule has 0 saturated carbocycles. The minimum absolute atomic E-state index is 0.156. The minimum atomic E-state index is -1.12. The molecule has 7 nitrogen and oxygen atoms in total. The Kier molecular flexibility index (Phi) is 6.48. The summed E-state index contributed by atoms with van der Waals surface area (Å²) in [5.41, 5.74) is 4.41. The summed E-state index contributed by atoms with van der Waals surface area (Å²) in [6.07, 6.45) is 0.644. The van der Waals surface area contributed by atoms with Gasteiger partial charge in [-0.15, -0.1) is 0 Å². The molecule has 0 aromatic carbocycles. The van der Waals surface area contributed by atoms with E-state index in [4.69, 9.17) is 5.73 Å². The number of amides is 3. The van der Waals surface area contributed by atoms with E-state index >= 15 is 0 Å². The molecule has 0 bridgehead atoms. The van der Waals surface area contributed by atoms with Crippen molar-refractivity contribution in [2.45, 2.75) is 53.1 Å². The number of urea groups is 1. The van der Waals surface area contributed by atoms with Gasteiger partial charge < -0.3 is 21.5 Å². The Bertz CT molecular complexity index is 376. The summed E-state index contributed by atoms with van der Waals surface area (Å²) in [7, 11) is 0. The predicted octanol–water partition coefficient (Wildman–Crippen LogP) is 0.685. The van der Waals surface area contributed by atoms with Gasteiger partial charge in [0.25, 0.3) is 0 Å². The predicted molar refractivity (Wildman–Crippen MR) is 75.0 cm³/mol. The SMILES string of the molecule is CCC(C)C(NC(N)=O)C(=O)NC(C(=O)O)C(C)(C)C. The fraction of sp³-hybridized carbons (Fsp3) is 0.769. The summed E-state index contributed by atoms with van der Waals surface area (Å²) < 4.78 is 0. The van der Waals surface area contributed by atoms with E-state index < -0.39 is 35.4 Å². The standard InChI is InChI=1S/C13H25N3O4/c1-6-7(2)8(15-12(14)20)10(17)16-9(11(18)19)13(3,4)5/h7-9H,6H2,1-5H3,(H,16,17)(H,18,19)(H3,14,15,20). The monoisotopic (exact) mass is 287 g/mol. The zero-order chi connectivity index (χ0) is 16.1. The van der Waals surface area contributed by atoms with Crippen LogP contribution in [0.25, 0.3) is 0 Å². The molecule has 0 aliphatic rings. The Balaban J connectivity index is 5.07. The fourth-order valence-corrected chi connectivity index (χ4v) is 1.74. The van der Waals surface area contributed by atoms with Gasteiger partial charge in [-0.05, 0) is 11.3 Å². The first-order valence-corrected chi connectivity index (χ1v) is 6.59. The molecule has 0 aliphatic heterocycles. The van der Waals surface area contributed by atoms with Gasteiger partial charge in [-0.3, -0.25) is 4.79 Å². The van der Waals surface area contributed by atoms with Crippen LogP contribution in [0, 0.1) is 11.3 Å². The van der Waals surface area contributed by atoms with Crippen molar-refractivity contribution in [1.29, 1.82) is 0 Å². The molecule has 0 aliphatic carbocycles. The van der Waals surface area contributed by atoms with Crippen LogP contribution < -0.4 is 16.4 Å². The average molecular weight is 287 g/mol. The molecule has 3 unspecified atom stereocenters. The van der Waals surface area contributed by atoms with Gasteiger partial charge in [-0.25, -0.2) is 9.59 Å². The number of carbonyl (C=O) groups is 3. The van der Waals surface area contributed by atoms with Crippen molar-refractivity contribution in [3.8, 4) is 0 Å². The van der Waals surface area contributed by atoms with E-state index in [1.54, 1.807) is 27.7 Å². The maximum Gasteiger partial charge on any atom is 0.326 e. The van der Waals surface area contributed by atoms with Crippen LogP contribution in [-0.4, -0.2) is 35.1 Å². The van der Waals surface area contributed by atoms with Crippen molar-refractivity contribution >= 4 is 17.9 Å². The van der Waals surface area contributed by atoms with Gasteiger partial charge in [0, 0.05) is 0 Å². The smallest absolute Gasteiger partial charge is 0.326 e. The lowest BCUT2D eigenvalue weighted by molar-refractivity contribution is -0.145. The molecule has 3 amide bonds. The van der Waals surface area contributed by atoms with Crippen molar-refractivity contribution in [3.63, 3.8) is 0 Å². The summed E-state index contributed by atoms with van der Waals surface area (Å²) in [4.78, 5) is 34.4. The molecule has 0 saturated heterocycles. The Morgan fingerprint density at radius 2 is 1.70 bits per heavy atom. The Labute approximate surface area is 119 Å². The number of carboxylic acids is 1. The van der Waals surface area contributed by atoms with E-state index in [0.717, 1.165) is 0 Å². The lowest BCUT2D eigenvalue weighted by Crippen LogP contribution is -2.57. The van der Waals surface area contributed by atoms with E-state index in [1.165, 1.54) is 0 Å². The molecule has 20 heavy (non-hydrogen) atoms. The van der Waals surface area contributed by atoms with Gasteiger partial charge in [-0.1, -0.05) is 41.0 Å². The Hall–Kier alpha value is -1.79. The van der Waals surface area contributed by atoms with Crippen LogP contribution in [0.3, 0.4) is 0 Å². The Morgan fingerprint density at radius 1 is 1.20 bits per heavy atom. The third-order valence-electron chi connectivity index (χ3n) is 3.19. The average Bonchev–Trinajstić information content (AvgIpc) is 2.29. The molecule has 0 radical (unpaired) electrons. The van der Waals surface area contributed by atoms with Gasteiger partial charge >= 0.3 is 12.0 Å². The summed E-state index contributed by atoms with van der Waals surface area (Å²) in [5, 5.41) is 14.0. The van der Waals surface area contributed by atoms with E-state index in [0.29, 0.717) is 6.42 Å². The quantitative estimate of drug-likeness (QED) is 0.574. The third kappa shape index (κ3) is 5.46. The van der Waals surface area contributed by atoms with Crippen molar-refractivity contribution in [2.75, 3.05) is 0 Å². The van der Waals surface area contributed by atoms with Crippen LogP contribution in [-0.2, 0) is 9.59 Å². The summed E-state index contributed by atoms with van der Waals surface area (Å²) >= 11 is 0. The molecule has 0 fully saturated rings. The van der Waals surface area contributed by atoms with Gasteiger partial charge in [0.2, 0.25) is 5.91 Å². The van der Waals surface area contributed by atoms with Gasteiger partial charge in [-0.2, -0.15) is 0 Å². The first kappa shape index (κ1) is 18.2. The van der Waals surface area contributed by atoms with Crippen molar-refractivity contribution in [3.05, 3.63) is 0 Å². The number of carbonyl (C=O) groups excluding carboxylic acids is 2. The molecule has 0 aromatic rings. The highest BCUT2D eigenvalue weighted by molar-refractivity contribution is 5.90. The van der Waals surface area contributed by atoms with Crippen molar-refractivity contribution < 1.29 is 19.5 Å². The van der Waals surface area contributed by atoms with Gasteiger partial charge in [0.15, 0.2) is 0 Å². The molecule has 0 rings (SSSR count). The number of nitrogens with one attached hydrogen (secondary N) is 2. The molecule has 116 valence electrons. The first-order valence-electron chi connectivity index (χ1n) is 6.59. The topological polar surface area (TPSA) is 122 Å². The minimum Gasteiger partial charge on any atom is -0.480 e. The maximum atomic E-state index is 12.2. The van der Waals surface area contributed by atoms with E-state index in [1.807, 2.05) is 6.92 Å². The van der Waals surface area contributed by atoms with Gasteiger partial charge in [0.05, 0.1) is 0 Å². The number of nitrogens with two attached hydrogens (primary N) is 1. The number of rotatable bonds is 6. The molecular weight excluding hydrogens is 262 g/mol. The Morgan fingerprint density at radius 3 is 2.00 bits per heavy atom. The third-order valence-corrected chi connectivity index (χ3v) is 3.19. The highest BCUT2D eigenvalue weighted by Gasteiger charge is 2.35. The number of hydrogen-bond acceptors (Lipinski definition) is 3. The fourth-order valence-electron chi connectivity index (χ4n) is 1.74.